The maximum atomic E-state index is 12.7. The van der Waals surface area contributed by atoms with Gasteiger partial charge in [-0.25, -0.2) is 4.79 Å². The molecule has 0 saturated heterocycles. The Kier molecular flexibility index (Phi) is 5.68. The molecular weight excluding hydrogens is 320 g/mol. The van der Waals surface area contributed by atoms with Crippen molar-refractivity contribution >= 4 is 11.7 Å². The van der Waals surface area contributed by atoms with E-state index in [2.05, 4.69) is 5.32 Å². The van der Waals surface area contributed by atoms with Crippen LogP contribution in [-0.4, -0.2) is 51.5 Å². The monoisotopic (exact) mass is 348 g/mol. The molecule has 1 aromatic carbocycles. The molecule has 2 saturated carbocycles. The molecule has 6 nitrogen and oxygen atoms in total. The third kappa shape index (κ3) is 4.57. The topological polar surface area (TPSA) is 60.0 Å². The van der Waals surface area contributed by atoms with Crippen LogP contribution in [0.5, 0.6) is 11.5 Å². The van der Waals surface area contributed by atoms with E-state index in [1.54, 1.807) is 26.4 Å². The lowest BCUT2D eigenvalue weighted by atomic mass is 10.1. The van der Waals surface area contributed by atoms with E-state index in [9.17, 15) is 4.79 Å². The van der Waals surface area contributed by atoms with Crippen LogP contribution in [0.3, 0.4) is 0 Å². The van der Waals surface area contributed by atoms with Gasteiger partial charge in [0.05, 0.1) is 13.7 Å². The number of amides is 2. The molecule has 2 fully saturated rings. The van der Waals surface area contributed by atoms with Crippen LogP contribution in [0.4, 0.5) is 10.5 Å². The Bertz CT molecular complexity index is 587. The quantitative estimate of drug-likeness (QED) is 0.695. The Balaban J connectivity index is 1.64. The Morgan fingerprint density at radius 3 is 2.40 bits per heavy atom. The molecule has 0 radical (unpaired) electrons. The molecule has 0 bridgehead atoms. The van der Waals surface area contributed by atoms with Crippen LogP contribution in [0.2, 0.25) is 0 Å². The van der Waals surface area contributed by atoms with E-state index in [4.69, 9.17) is 14.2 Å². The Morgan fingerprint density at radius 1 is 1.16 bits per heavy atom. The number of nitrogens with one attached hydrogen (secondary N) is 1. The Morgan fingerprint density at radius 2 is 1.84 bits per heavy atom. The Hall–Kier alpha value is -1.95. The summed E-state index contributed by atoms with van der Waals surface area (Å²) in [5.41, 5.74) is 0.704. The summed E-state index contributed by atoms with van der Waals surface area (Å²) in [4.78, 5) is 14.6. The number of ether oxygens (including phenoxy) is 3. The molecule has 6 heteroatoms. The fourth-order valence-electron chi connectivity index (χ4n) is 3.34. The standard InChI is InChI=1S/C19H28N2O4/c1-21(18(13-4-5-13)14-6-7-14)19(22)20-15-8-9-16(24-3)17(12-15)25-11-10-23-2/h8-9,12-14,18H,4-7,10-11H2,1-3H3,(H,20,22). The molecule has 0 aliphatic heterocycles. The number of benzene rings is 1. The van der Waals surface area contributed by atoms with Crippen molar-refractivity contribution in [3.05, 3.63) is 18.2 Å². The van der Waals surface area contributed by atoms with Crippen molar-refractivity contribution in [1.29, 1.82) is 0 Å². The van der Waals surface area contributed by atoms with Crippen LogP contribution in [0.1, 0.15) is 25.7 Å². The van der Waals surface area contributed by atoms with Gasteiger partial charge in [0.15, 0.2) is 11.5 Å². The first-order chi connectivity index (χ1) is 12.1. The van der Waals surface area contributed by atoms with E-state index in [0.29, 0.717) is 48.3 Å². The molecule has 1 aromatic rings. The zero-order chi connectivity index (χ0) is 17.8. The molecule has 0 heterocycles. The van der Waals surface area contributed by atoms with Crippen molar-refractivity contribution in [1.82, 2.24) is 4.90 Å². The average molecular weight is 348 g/mol. The van der Waals surface area contributed by atoms with Crippen LogP contribution in [-0.2, 0) is 4.74 Å². The summed E-state index contributed by atoms with van der Waals surface area (Å²) in [5.74, 6) is 2.61. The van der Waals surface area contributed by atoms with E-state index < -0.39 is 0 Å². The molecule has 0 spiro atoms. The summed E-state index contributed by atoms with van der Waals surface area (Å²) in [5, 5.41) is 2.99. The first-order valence-corrected chi connectivity index (χ1v) is 8.97. The molecule has 1 N–H and O–H groups in total. The van der Waals surface area contributed by atoms with Gasteiger partial charge in [-0.15, -0.1) is 0 Å². The molecule has 25 heavy (non-hydrogen) atoms. The number of methoxy groups -OCH3 is 2. The normalized spacial score (nSPS) is 16.6. The fraction of sp³-hybridized carbons (Fsp3) is 0.632. The number of urea groups is 1. The number of carbonyl (C=O) groups excluding carboxylic acids is 1. The van der Waals surface area contributed by atoms with E-state index in [-0.39, 0.29) is 6.03 Å². The molecule has 3 rings (SSSR count). The van der Waals surface area contributed by atoms with Gasteiger partial charge in [-0.1, -0.05) is 0 Å². The van der Waals surface area contributed by atoms with Crippen LogP contribution in [0, 0.1) is 11.8 Å². The van der Waals surface area contributed by atoms with Gasteiger partial charge in [0.1, 0.15) is 6.61 Å². The van der Waals surface area contributed by atoms with Crippen molar-refractivity contribution in [3.8, 4) is 11.5 Å². The van der Waals surface area contributed by atoms with Gasteiger partial charge in [-0.2, -0.15) is 0 Å². The van der Waals surface area contributed by atoms with Crippen molar-refractivity contribution in [2.24, 2.45) is 11.8 Å². The largest absolute Gasteiger partial charge is 0.493 e. The number of nitrogens with zero attached hydrogens (tertiary/aromatic N) is 1. The summed E-state index contributed by atoms with van der Waals surface area (Å²) in [6.07, 6.45) is 5.00. The lowest BCUT2D eigenvalue weighted by Crippen LogP contribution is -2.42. The second kappa shape index (κ2) is 7.95. The van der Waals surface area contributed by atoms with E-state index in [1.165, 1.54) is 25.7 Å². The number of hydrogen-bond acceptors (Lipinski definition) is 4. The lowest BCUT2D eigenvalue weighted by Gasteiger charge is -2.28. The third-order valence-electron chi connectivity index (χ3n) is 4.94. The van der Waals surface area contributed by atoms with Crippen molar-refractivity contribution in [2.45, 2.75) is 31.7 Å². The second-order valence-corrected chi connectivity index (χ2v) is 6.91. The van der Waals surface area contributed by atoms with Crippen LogP contribution in [0.15, 0.2) is 18.2 Å². The van der Waals surface area contributed by atoms with Crippen LogP contribution in [0.25, 0.3) is 0 Å². The molecular formula is C19H28N2O4. The van der Waals surface area contributed by atoms with Crippen LogP contribution >= 0.6 is 0 Å². The highest BCUT2D eigenvalue weighted by atomic mass is 16.5. The van der Waals surface area contributed by atoms with E-state index >= 15 is 0 Å². The summed E-state index contributed by atoms with van der Waals surface area (Å²) < 4.78 is 16.0. The second-order valence-electron chi connectivity index (χ2n) is 6.91. The van der Waals surface area contributed by atoms with Gasteiger partial charge >= 0.3 is 6.03 Å². The van der Waals surface area contributed by atoms with Gasteiger partial charge in [0.25, 0.3) is 0 Å². The summed E-state index contributed by atoms with van der Waals surface area (Å²) in [6, 6.07) is 5.75. The van der Waals surface area contributed by atoms with Gasteiger partial charge in [-0.05, 0) is 49.7 Å². The maximum absolute atomic E-state index is 12.7. The summed E-state index contributed by atoms with van der Waals surface area (Å²) in [7, 11) is 5.14. The van der Waals surface area contributed by atoms with Gasteiger partial charge in [0.2, 0.25) is 0 Å². The zero-order valence-electron chi connectivity index (χ0n) is 15.3. The predicted molar refractivity (Wildman–Crippen MR) is 96.4 cm³/mol. The van der Waals surface area contributed by atoms with Crippen LogP contribution < -0.4 is 14.8 Å². The van der Waals surface area contributed by atoms with E-state index in [0.717, 1.165) is 0 Å². The molecule has 0 atom stereocenters. The molecule has 2 aliphatic rings. The van der Waals surface area contributed by atoms with E-state index in [1.807, 2.05) is 18.0 Å². The van der Waals surface area contributed by atoms with Gasteiger partial charge in [0, 0.05) is 32.0 Å². The highest BCUT2D eigenvalue weighted by molar-refractivity contribution is 5.89. The summed E-state index contributed by atoms with van der Waals surface area (Å²) >= 11 is 0. The first kappa shape index (κ1) is 17.9. The molecule has 2 amide bonds. The maximum Gasteiger partial charge on any atom is 0.321 e. The fourth-order valence-corrected chi connectivity index (χ4v) is 3.34. The van der Waals surface area contributed by atoms with Gasteiger partial charge in [-0.3, -0.25) is 0 Å². The number of hydrogen-bond donors (Lipinski definition) is 1. The predicted octanol–water partition coefficient (Wildman–Crippen LogP) is 3.37. The van der Waals surface area contributed by atoms with Crippen molar-refractivity contribution in [2.75, 3.05) is 39.8 Å². The third-order valence-corrected chi connectivity index (χ3v) is 4.94. The molecule has 0 aromatic heterocycles. The van der Waals surface area contributed by atoms with Crippen molar-refractivity contribution in [3.63, 3.8) is 0 Å². The minimum Gasteiger partial charge on any atom is -0.493 e. The minimum absolute atomic E-state index is 0.0585. The Labute approximate surface area is 149 Å². The molecule has 0 unspecified atom stereocenters. The number of anilines is 1. The van der Waals surface area contributed by atoms with Gasteiger partial charge < -0.3 is 24.4 Å². The molecule has 2 aliphatic carbocycles. The lowest BCUT2D eigenvalue weighted by molar-refractivity contribution is 0.144. The highest BCUT2D eigenvalue weighted by Gasteiger charge is 2.44. The average Bonchev–Trinajstić information content (AvgIpc) is 3.50. The zero-order valence-corrected chi connectivity index (χ0v) is 15.3. The highest BCUT2D eigenvalue weighted by Crippen LogP contribution is 2.47. The minimum atomic E-state index is -0.0585. The van der Waals surface area contributed by atoms with Crippen molar-refractivity contribution < 1.29 is 19.0 Å². The number of rotatable bonds is 9. The number of carbonyl (C=O) groups is 1. The molecule has 138 valence electrons. The summed E-state index contributed by atoms with van der Waals surface area (Å²) in [6.45, 7) is 0.919. The smallest absolute Gasteiger partial charge is 0.321 e. The first-order valence-electron chi connectivity index (χ1n) is 8.97. The SMILES string of the molecule is COCCOc1cc(NC(=O)N(C)C(C2CC2)C2CC2)ccc1OC.